The number of hydrogen-bond donors (Lipinski definition) is 3. The van der Waals surface area contributed by atoms with Crippen molar-refractivity contribution >= 4 is 23.2 Å². The molecule has 0 spiro atoms. The summed E-state index contributed by atoms with van der Waals surface area (Å²) < 4.78 is 84.6. The standard InChI is InChI=1S/C21H21ClF6N2O3/c1-33-8-7-18(31)29-11-13-5-6-16(10-17(13)22)30-12-19(32,21(26,27)28)14-3-2-4-15(9-14)20(23,24)25/h2-6,9-10,30,32H,7-8,11-12H2,1H3,(H,29,31)/t19-/m1/s1. The van der Waals surface area contributed by atoms with Crippen molar-refractivity contribution in [3.05, 3.63) is 64.2 Å². The van der Waals surface area contributed by atoms with Gasteiger partial charge in [-0.3, -0.25) is 4.79 Å². The molecule has 0 saturated carbocycles. The molecule has 2 aromatic carbocycles. The van der Waals surface area contributed by atoms with E-state index >= 15 is 0 Å². The van der Waals surface area contributed by atoms with Crippen LogP contribution in [0.3, 0.4) is 0 Å². The van der Waals surface area contributed by atoms with Gasteiger partial charge >= 0.3 is 12.4 Å². The predicted octanol–water partition coefficient (Wildman–Crippen LogP) is 4.87. The lowest BCUT2D eigenvalue weighted by atomic mass is 9.91. The normalized spacial score (nSPS) is 14.0. The lowest BCUT2D eigenvalue weighted by Gasteiger charge is -2.32. The first-order chi connectivity index (χ1) is 15.3. The maximum absolute atomic E-state index is 13.7. The number of methoxy groups -OCH3 is 1. The van der Waals surface area contributed by atoms with Crippen LogP contribution < -0.4 is 10.6 Å². The second-order valence-electron chi connectivity index (χ2n) is 7.12. The summed E-state index contributed by atoms with van der Waals surface area (Å²) in [6.07, 6.45) is -10.0. The van der Waals surface area contributed by atoms with Crippen molar-refractivity contribution in [1.29, 1.82) is 0 Å². The minimum Gasteiger partial charge on any atom is -0.384 e. The Morgan fingerprint density at radius 2 is 1.73 bits per heavy atom. The number of anilines is 1. The van der Waals surface area contributed by atoms with Gasteiger partial charge in [-0.15, -0.1) is 0 Å². The van der Waals surface area contributed by atoms with E-state index in [2.05, 4.69) is 10.6 Å². The van der Waals surface area contributed by atoms with E-state index < -0.39 is 35.6 Å². The SMILES string of the molecule is COCCC(=O)NCc1ccc(NC[C@@](O)(c2cccc(C(F)(F)F)c2)C(F)(F)F)cc1Cl. The van der Waals surface area contributed by atoms with E-state index in [4.69, 9.17) is 16.3 Å². The number of carbonyl (C=O) groups is 1. The second kappa shape index (κ2) is 10.6. The van der Waals surface area contributed by atoms with Crippen LogP contribution in [0.2, 0.25) is 5.02 Å². The molecule has 0 unspecified atom stereocenters. The molecule has 0 saturated heterocycles. The molecule has 0 fully saturated rings. The molecule has 0 aliphatic carbocycles. The van der Waals surface area contributed by atoms with Crippen LogP contribution in [0.25, 0.3) is 0 Å². The van der Waals surface area contributed by atoms with Gasteiger partial charge in [0.15, 0.2) is 0 Å². The van der Waals surface area contributed by atoms with E-state index in [0.29, 0.717) is 11.6 Å². The minimum atomic E-state index is -5.28. The van der Waals surface area contributed by atoms with Gasteiger partial charge in [0.1, 0.15) is 0 Å². The van der Waals surface area contributed by atoms with Gasteiger partial charge in [-0.05, 0) is 35.4 Å². The Morgan fingerprint density at radius 1 is 1.06 bits per heavy atom. The molecule has 12 heteroatoms. The number of ether oxygens (including phenoxy) is 1. The molecule has 0 aromatic heterocycles. The molecule has 5 nitrogen and oxygen atoms in total. The number of benzene rings is 2. The molecule has 0 heterocycles. The number of amides is 1. The smallest absolute Gasteiger partial charge is 0.384 e. The Balaban J connectivity index is 2.17. The summed E-state index contributed by atoms with van der Waals surface area (Å²) in [5, 5.41) is 15.5. The molecule has 0 aliphatic heterocycles. The summed E-state index contributed by atoms with van der Waals surface area (Å²) in [5.74, 6) is -0.286. The highest BCUT2D eigenvalue weighted by Crippen LogP contribution is 2.41. The number of halogens is 7. The Morgan fingerprint density at radius 3 is 2.30 bits per heavy atom. The van der Waals surface area contributed by atoms with E-state index in [1.807, 2.05) is 0 Å². The van der Waals surface area contributed by atoms with Gasteiger partial charge in [-0.25, -0.2) is 0 Å². The summed E-state index contributed by atoms with van der Waals surface area (Å²) in [6, 6.07) is 6.54. The van der Waals surface area contributed by atoms with Crippen LogP contribution in [0.4, 0.5) is 32.0 Å². The number of hydrogen-bond acceptors (Lipinski definition) is 4. The van der Waals surface area contributed by atoms with Crippen molar-refractivity contribution in [1.82, 2.24) is 5.32 Å². The Labute approximate surface area is 190 Å². The first-order valence-electron chi connectivity index (χ1n) is 9.52. The van der Waals surface area contributed by atoms with Crippen LogP contribution in [0.15, 0.2) is 42.5 Å². The van der Waals surface area contributed by atoms with E-state index in [0.717, 1.165) is 12.1 Å². The number of alkyl halides is 6. The quantitative estimate of drug-likeness (QED) is 0.431. The summed E-state index contributed by atoms with van der Waals surface area (Å²) in [5.41, 5.74) is -5.31. The minimum absolute atomic E-state index is 0.0678. The van der Waals surface area contributed by atoms with Crippen LogP contribution in [0, 0.1) is 0 Å². The van der Waals surface area contributed by atoms with Crippen molar-refractivity contribution in [3.63, 3.8) is 0 Å². The van der Waals surface area contributed by atoms with Crippen molar-refractivity contribution < 1.29 is 41.0 Å². The first kappa shape index (κ1) is 26.7. The van der Waals surface area contributed by atoms with Crippen LogP contribution in [-0.4, -0.2) is 37.5 Å². The fourth-order valence-electron chi connectivity index (χ4n) is 2.83. The summed E-state index contributed by atoms with van der Waals surface area (Å²) >= 11 is 6.12. The maximum atomic E-state index is 13.7. The van der Waals surface area contributed by atoms with Crippen molar-refractivity contribution in [2.45, 2.75) is 30.9 Å². The third-order valence-corrected chi connectivity index (χ3v) is 5.10. The molecule has 3 N–H and O–H groups in total. The maximum Gasteiger partial charge on any atom is 0.423 e. The number of aliphatic hydroxyl groups is 1. The molecular formula is C21H21ClF6N2O3. The fourth-order valence-corrected chi connectivity index (χ4v) is 3.07. The number of carbonyl (C=O) groups excluding carboxylic acids is 1. The lowest BCUT2D eigenvalue weighted by Crippen LogP contribution is -2.48. The molecule has 2 rings (SSSR count). The lowest BCUT2D eigenvalue weighted by molar-refractivity contribution is -0.260. The van der Waals surface area contributed by atoms with Gasteiger partial charge in [-0.2, -0.15) is 26.3 Å². The number of rotatable bonds is 9. The van der Waals surface area contributed by atoms with Gasteiger partial charge in [0.05, 0.1) is 18.7 Å². The molecule has 0 aliphatic rings. The molecule has 1 amide bonds. The van der Waals surface area contributed by atoms with Crippen LogP contribution >= 0.6 is 11.6 Å². The highest BCUT2D eigenvalue weighted by molar-refractivity contribution is 6.31. The average Bonchev–Trinajstić information content (AvgIpc) is 2.74. The van der Waals surface area contributed by atoms with E-state index in [-0.39, 0.29) is 42.3 Å². The van der Waals surface area contributed by atoms with Crippen LogP contribution in [0.1, 0.15) is 23.1 Å². The van der Waals surface area contributed by atoms with Crippen LogP contribution in [0.5, 0.6) is 0 Å². The van der Waals surface area contributed by atoms with Crippen molar-refractivity contribution in [3.8, 4) is 0 Å². The van der Waals surface area contributed by atoms with Gasteiger partial charge < -0.3 is 20.5 Å². The third-order valence-electron chi connectivity index (χ3n) is 4.75. The molecular weight excluding hydrogens is 478 g/mol. The topological polar surface area (TPSA) is 70.6 Å². The fraction of sp³-hybridized carbons (Fsp3) is 0.381. The monoisotopic (exact) mass is 498 g/mol. The molecule has 182 valence electrons. The van der Waals surface area contributed by atoms with E-state index in [1.54, 1.807) is 0 Å². The Kier molecular flexibility index (Phi) is 8.61. The average molecular weight is 499 g/mol. The van der Waals surface area contributed by atoms with Gasteiger partial charge in [0.2, 0.25) is 11.5 Å². The number of nitrogens with one attached hydrogen (secondary N) is 2. The Hall–Kier alpha value is -2.50. The highest BCUT2D eigenvalue weighted by atomic mass is 35.5. The molecule has 1 atom stereocenters. The zero-order valence-corrected chi connectivity index (χ0v) is 18.0. The largest absolute Gasteiger partial charge is 0.423 e. The highest BCUT2D eigenvalue weighted by Gasteiger charge is 2.55. The van der Waals surface area contributed by atoms with Crippen molar-refractivity contribution in [2.24, 2.45) is 0 Å². The van der Waals surface area contributed by atoms with Crippen molar-refractivity contribution in [2.75, 3.05) is 25.6 Å². The zero-order chi connectivity index (χ0) is 24.9. The van der Waals surface area contributed by atoms with Gasteiger partial charge in [-0.1, -0.05) is 29.8 Å². The second-order valence-corrected chi connectivity index (χ2v) is 7.52. The van der Waals surface area contributed by atoms with E-state index in [1.165, 1.54) is 25.3 Å². The summed E-state index contributed by atoms with van der Waals surface area (Å²) in [4.78, 5) is 11.6. The van der Waals surface area contributed by atoms with Gasteiger partial charge in [0, 0.05) is 30.8 Å². The molecule has 0 radical (unpaired) electrons. The third kappa shape index (κ3) is 6.99. The van der Waals surface area contributed by atoms with E-state index in [9.17, 15) is 36.2 Å². The predicted molar refractivity (Wildman–Crippen MR) is 110 cm³/mol. The molecule has 33 heavy (non-hydrogen) atoms. The summed E-state index contributed by atoms with van der Waals surface area (Å²) in [6.45, 7) is -0.865. The zero-order valence-electron chi connectivity index (χ0n) is 17.3. The molecule has 0 bridgehead atoms. The molecule has 2 aromatic rings. The Bertz CT molecular complexity index is 968. The van der Waals surface area contributed by atoms with Gasteiger partial charge in [0.25, 0.3) is 0 Å². The summed E-state index contributed by atoms with van der Waals surface area (Å²) in [7, 11) is 1.45. The van der Waals surface area contributed by atoms with Crippen LogP contribution in [-0.2, 0) is 27.9 Å². The first-order valence-corrected chi connectivity index (χ1v) is 9.90.